The minimum absolute atomic E-state index is 0.111. The molecule has 0 amide bonds. The maximum Gasteiger partial charge on any atom is 0.336 e. The summed E-state index contributed by atoms with van der Waals surface area (Å²) in [6.07, 6.45) is 2.38. The van der Waals surface area contributed by atoms with Crippen LogP contribution in [0.25, 0.3) is 6.08 Å². The van der Waals surface area contributed by atoms with Gasteiger partial charge in [0.1, 0.15) is 0 Å². The van der Waals surface area contributed by atoms with Gasteiger partial charge in [-0.3, -0.25) is 20.2 Å². The Morgan fingerprint density at radius 3 is 2.50 bits per heavy atom. The predicted molar refractivity (Wildman–Crippen MR) is 85.6 cm³/mol. The zero-order chi connectivity index (χ0) is 17.7. The van der Waals surface area contributed by atoms with Crippen LogP contribution in [0.15, 0.2) is 48.5 Å². The largest absolute Gasteiger partial charge is 0.416 e. The highest BCUT2D eigenvalue weighted by Crippen LogP contribution is 2.28. The van der Waals surface area contributed by atoms with Crippen LogP contribution in [-0.4, -0.2) is 15.8 Å². The van der Waals surface area contributed by atoms with Crippen molar-refractivity contribution in [1.82, 2.24) is 0 Å². The molecule has 2 aromatic carbocycles. The lowest BCUT2D eigenvalue weighted by molar-refractivity contribution is -0.385. The minimum Gasteiger partial charge on any atom is -0.416 e. The summed E-state index contributed by atoms with van der Waals surface area (Å²) >= 11 is 0. The molecule has 8 nitrogen and oxygen atoms in total. The summed E-state index contributed by atoms with van der Waals surface area (Å²) < 4.78 is 4.99. The number of carbonyl (C=O) groups excluding carboxylic acids is 1. The van der Waals surface area contributed by atoms with E-state index in [1.54, 1.807) is 13.0 Å². The van der Waals surface area contributed by atoms with E-state index in [-0.39, 0.29) is 17.1 Å². The van der Waals surface area contributed by atoms with Gasteiger partial charge in [-0.2, -0.15) is 0 Å². The molecule has 0 saturated heterocycles. The number of nitrogens with zero attached hydrogens (tertiary/aromatic N) is 2. The van der Waals surface area contributed by atoms with E-state index in [0.29, 0.717) is 11.1 Å². The van der Waals surface area contributed by atoms with Crippen molar-refractivity contribution in [2.45, 2.75) is 6.92 Å². The Bertz CT molecular complexity index is 844. The topological polar surface area (TPSA) is 113 Å². The summed E-state index contributed by atoms with van der Waals surface area (Å²) in [7, 11) is 0. The van der Waals surface area contributed by atoms with Crippen LogP contribution in [0.1, 0.15) is 11.1 Å². The molecule has 122 valence electrons. The Morgan fingerprint density at radius 2 is 1.83 bits per heavy atom. The zero-order valence-electron chi connectivity index (χ0n) is 12.5. The third-order valence-electron chi connectivity index (χ3n) is 3.02. The molecule has 0 atom stereocenters. The zero-order valence-corrected chi connectivity index (χ0v) is 12.5. The quantitative estimate of drug-likeness (QED) is 0.273. The van der Waals surface area contributed by atoms with E-state index < -0.39 is 15.8 Å². The van der Waals surface area contributed by atoms with Gasteiger partial charge in [-0.1, -0.05) is 18.2 Å². The summed E-state index contributed by atoms with van der Waals surface area (Å²) in [6.45, 7) is 1.71. The molecule has 2 rings (SSSR count). The molecular formula is C16H12N2O6. The van der Waals surface area contributed by atoms with E-state index in [0.717, 1.165) is 6.08 Å². The van der Waals surface area contributed by atoms with Gasteiger partial charge in [0.15, 0.2) is 0 Å². The summed E-state index contributed by atoms with van der Waals surface area (Å²) in [5.41, 5.74) is 0.698. The molecule has 8 heteroatoms. The Hall–Kier alpha value is -3.55. The monoisotopic (exact) mass is 328 g/mol. The number of carbonyl (C=O) groups is 1. The third kappa shape index (κ3) is 4.23. The molecule has 0 aliphatic rings. The molecule has 24 heavy (non-hydrogen) atoms. The van der Waals surface area contributed by atoms with Crippen LogP contribution in [0, 0.1) is 27.2 Å². The van der Waals surface area contributed by atoms with Crippen molar-refractivity contribution >= 4 is 23.4 Å². The average molecular weight is 328 g/mol. The second-order valence-corrected chi connectivity index (χ2v) is 4.83. The van der Waals surface area contributed by atoms with Crippen LogP contribution in [-0.2, 0) is 4.79 Å². The molecule has 0 aromatic heterocycles. The molecule has 0 aliphatic heterocycles. The van der Waals surface area contributed by atoms with E-state index in [2.05, 4.69) is 0 Å². The van der Waals surface area contributed by atoms with Gasteiger partial charge in [0.2, 0.25) is 5.75 Å². The van der Waals surface area contributed by atoms with Crippen LogP contribution >= 0.6 is 0 Å². The number of aryl methyl sites for hydroxylation is 1. The number of rotatable bonds is 5. The van der Waals surface area contributed by atoms with Crippen LogP contribution < -0.4 is 4.74 Å². The fraction of sp³-hybridized carbons (Fsp3) is 0.0625. The lowest BCUT2D eigenvalue weighted by atomic mass is 10.2. The van der Waals surface area contributed by atoms with E-state index in [1.165, 1.54) is 42.5 Å². The normalized spacial score (nSPS) is 10.5. The van der Waals surface area contributed by atoms with Gasteiger partial charge in [-0.15, -0.1) is 0 Å². The lowest BCUT2D eigenvalue weighted by Gasteiger charge is -2.03. The van der Waals surface area contributed by atoms with E-state index in [9.17, 15) is 25.0 Å². The molecule has 0 heterocycles. The second-order valence-electron chi connectivity index (χ2n) is 4.83. The van der Waals surface area contributed by atoms with Gasteiger partial charge in [0.25, 0.3) is 5.69 Å². The van der Waals surface area contributed by atoms with Crippen LogP contribution in [0.4, 0.5) is 11.4 Å². The van der Waals surface area contributed by atoms with Crippen molar-refractivity contribution in [1.29, 1.82) is 0 Å². The van der Waals surface area contributed by atoms with Gasteiger partial charge < -0.3 is 4.74 Å². The first-order valence-electron chi connectivity index (χ1n) is 6.76. The van der Waals surface area contributed by atoms with E-state index >= 15 is 0 Å². The maximum atomic E-state index is 11.8. The first-order chi connectivity index (χ1) is 11.4. The number of benzene rings is 2. The second kappa shape index (κ2) is 7.14. The van der Waals surface area contributed by atoms with Crippen molar-refractivity contribution in [3.8, 4) is 5.75 Å². The lowest BCUT2D eigenvalue weighted by Crippen LogP contribution is -2.06. The third-order valence-corrected chi connectivity index (χ3v) is 3.02. The first-order valence-corrected chi connectivity index (χ1v) is 6.76. The molecule has 0 bridgehead atoms. The SMILES string of the molecule is Cc1ccc([N+](=O)[O-])c(OC(=O)/C=C/c2cccc([N+](=O)[O-])c2)c1. The van der Waals surface area contributed by atoms with Crippen molar-refractivity contribution in [2.24, 2.45) is 0 Å². The first kappa shape index (κ1) is 16.8. The fourth-order valence-electron chi connectivity index (χ4n) is 1.90. The Labute approximate surface area is 136 Å². The number of hydrogen-bond donors (Lipinski definition) is 0. The Morgan fingerprint density at radius 1 is 1.08 bits per heavy atom. The Kier molecular flexibility index (Phi) is 5.00. The molecule has 0 spiro atoms. The maximum absolute atomic E-state index is 11.8. The highest BCUT2D eigenvalue weighted by atomic mass is 16.6. The highest BCUT2D eigenvalue weighted by molar-refractivity contribution is 5.89. The van der Waals surface area contributed by atoms with Crippen molar-refractivity contribution in [2.75, 3.05) is 0 Å². The molecule has 0 N–H and O–H groups in total. The van der Waals surface area contributed by atoms with Crippen molar-refractivity contribution < 1.29 is 19.4 Å². The average Bonchev–Trinajstić information content (AvgIpc) is 2.53. The number of nitro groups is 2. The molecular weight excluding hydrogens is 316 g/mol. The van der Waals surface area contributed by atoms with Gasteiger partial charge in [0, 0.05) is 24.3 Å². The molecule has 0 aliphatic carbocycles. The summed E-state index contributed by atoms with van der Waals surface area (Å²) in [5, 5.41) is 21.6. The minimum atomic E-state index is -0.824. The summed E-state index contributed by atoms with van der Waals surface area (Å²) in [6, 6.07) is 9.85. The van der Waals surface area contributed by atoms with Gasteiger partial charge in [-0.05, 0) is 30.2 Å². The smallest absolute Gasteiger partial charge is 0.336 e. The van der Waals surface area contributed by atoms with Crippen LogP contribution in [0.2, 0.25) is 0 Å². The molecule has 0 saturated carbocycles. The van der Waals surface area contributed by atoms with Crippen LogP contribution in [0.5, 0.6) is 5.75 Å². The standard InChI is InChI=1S/C16H12N2O6/c1-11-5-7-14(18(22)23)15(9-11)24-16(19)8-6-12-3-2-4-13(10-12)17(20)21/h2-10H,1H3/b8-6+. The Balaban J connectivity index is 2.17. The predicted octanol–water partition coefficient (Wildman–Crippen LogP) is 3.43. The number of ether oxygens (including phenoxy) is 1. The van der Waals surface area contributed by atoms with Gasteiger partial charge in [0.05, 0.1) is 9.85 Å². The van der Waals surface area contributed by atoms with E-state index in [4.69, 9.17) is 4.74 Å². The van der Waals surface area contributed by atoms with Gasteiger partial charge in [-0.25, -0.2) is 4.79 Å². The molecule has 0 unspecified atom stereocenters. The van der Waals surface area contributed by atoms with Crippen LogP contribution in [0.3, 0.4) is 0 Å². The molecule has 2 aromatic rings. The fourth-order valence-corrected chi connectivity index (χ4v) is 1.90. The highest BCUT2D eigenvalue weighted by Gasteiger charge is 2.17. The van der Waals surface area contributed by atoms with E-state index in [1.807, 2.05) is 0 Å². The number of hydrogen-bond acceptors (Lipinski definition) is 6. The summed E-state index contributed by atoms with van der Waals surface area (Å²) in [5.74, 6) is -0.983. The number of nitro benzene ring substituents is 2. The molecule has 0 fully saturated rings. The number of esters is 1. The number of non-ortho nitro benzene ring substituents is 1. The van der Waals surface area contributed by atoms with Gasteiger partial charge >= 0.3 is 11.7 Å². The molecule has 0 radical (unpaired) electrons. The van der Waals surface area contributed by atoms with Crippen molar-refractivity contribution in [3.05, 3.63) is 79.9 Å². The van der Waals surface area contributed by atoms with Crippen molar-refractivity contribution in [3.63, 3.8) is 0 Å². The summed E-state index contributed by atoms with van der Waals surface area (Å²) in [4.78, 5) is 32.2.